The Balaban J connectivity index is 1.43. The molecule has 29 heavy (non-hydrogen) atoms. The summed E-state index contributed by atoms with van der Waals surface area (Å²) in [6.45, 7) is 0.608. The molecule has 1 aromatic heterocycles. The molecule has 1 aliphatic heterocycles. The molecule has 0 spiro atoms. The highest BCUT2D eigenvalue weighted by atomic mass is 19.1. The fourth-order valence-electron chi connectivity index (χ4n) is 3.39. The molecule has 3 aromatic rings. The fraction of sp³-hybridized carbons (Fsp3) is 0.190. The molecule has 1 fully saturated rings. The van der Waals surface area contributed by atoms with Gasteiger partial charge in [0, 0.05) is 37.1 Å². The topological polar surface area (TPSA) is 67.2 Å². The number of carbonyl (C=O) groups excluding carboxylic acids is 2. The van der Waals surface area contributed by atoms with E-state index in [9.17, 15) is 18.4 Å². The Kier molecular flexibility index (Phi) is 5.07. The lowest BCUT2D eigenvalue weighted by Crippen LogP contribution is -2.28. The van der Waals surface area contributed by atoms with Gasteiger partial charge in [0.05, 0.1) is 18.2 Å². The van der Waals surface area contributed by atoms with Crippen LogP contribution in [0.15, 0.2) is 60.9 Å². The molecular weight excluding hydrogens is 378 g/mol. The molecule has 2 aromatic carbocycles. The van der Waals surface area contributed by atoms with E-state index in [4.69, 9.17) is 0 Å². The Bertz CT molecular complexity index is 1050. The maximum Gasteiger partial charge on any atom is 0.229 e. The maximum absolute atomic E-state index is 14.0. The summed E-state index contributed by atoms with van der Waals surface area (Å²) in [5, 5.41) is 6.97. The third-order valence-electron chi connectivity index (χ3n) is 4.79. The molecule has 0 radical (unpaired) electrons. The number of rotatable bonds is 5. The molecule has 4 rings (SSSR count). The molecule has 1 aliphatic rings. The van der Waals surface area contributed by atoms with Crippen LogP contribution in [0.1, 0.15) is 12.0 Å². The van der Waals surface area contributed by atoms with Gasteiger partial charge in [0.2, 0.25) is 11.8 Å². The molecule has 148 valence electrons. The molecule has 0 bridgehead atoms. The van der Waals surface area contributed by atoms with E-state index in [0.29, 0.717) is 12.2 Å². The highest BCUT2D eigenvalue weighted by Gasteiger charge is 2.36. The van der Waals surface area contributed by atoms with Crippen molar-refractivity contribution in [3.8, 4) is 0 Å². The number of nitrogens with zero attached hydrogens (tertiary/aromatic N) is 3. The average Bonchev–Trinajstić information content (AvgIpc) is 3.32. The molecule has 6 nitrogen and oxygen atoms in total. The standard InChI is InChI=1S/C21H18F2N4O2/c22-16-5-6-19(18(23)11-16)27-13-15(10-20(27)28)21(29)25-17-4-1-3-14(9-17)12-26-8-2-7-24-26/h1-9,11,15H,10,12-13H2,(H,25,29). The Morgan fingerprint density at radius 1 is 1.17 bits per heavy atom. The Morgan fingerprint density at radius 2 is 2.03 bits per heavy atom. The summed E-state index contributed by atoms with van der Waals surface area (Å²) >= 11 is 0. The highest BCUT2D eigenvalue weighted by Crippen LogP contribution is 2.28. The number of nitrogens with one attached hydrogen (secondary N) is 1. The van der Waals surface area contributed by atoms with Crippen LogP contribution < -0.4 is 10.2 Å². The van der Waals surface area contributed by atoms with Crippen LogP contribution >= 0.6 is 0 Å². The first kappa shape index (κ1) is 18.8. The van der Waals surface area contributed by atoms with Crippen molar-refractivity contribution in [1.82, 2.24) is 9.78 Å². The quantitative estimate of drug-likeness (QED) is 0.720. The molecule has 8 heteroatoms. The summed E-state index contributed by atoms with van der Waals surface area (Å²) in [5.74, 6) is -2.86. The Labute approximate surface area is 165 Å². The van der Waals surface area contributed by atoms with Gasteiger partial charge >= 0.3 is 0 Å². The minimum Gasteiger partial charge on any atom is -0.326 e. The van der Waals surface area contributed by atoms with E-state index in [-0.39, 0.29) is 30.5 Å². The maximum atomic E-state index is 14.0. The second-order valence-electron chi connectivity index (χ2n) is 6.89. The van der Waals surface area contributed by atoms with Gasteiger partial charge in [0.25, 0.3) is 0 Å². The first-order valence-corrected chi connectivity index (χ1v) is 9.12. The normalized spacial score (nSPS) is 16.3. The number of carbonyl (C=O) groups is 2. The molecule has 2 heterocycles. The molecule has 1 N–H and O–H groups in total. The summed E-state index contributed by atoms with van der Waals surface area (Å²) in [5.41, 5.74) is 1.55. The van der Waals surface area contributed by atoms with Crippen molar-refractivity contribution in [2.45, 2.75) is 13.0 Å². The average molecular weight is 396 g/mol. The van der Waals surface area contributed by atoms with Crippen molar-refractivity contribution in [3.05, 3.63) is 78.1 Å². The molecule has 1 saturated heterocycles. The van der Waals surface area contributed by atoms with Crippen molar-refractivity contribution >= 4 is 23.2 Å². The number of halogens is 2. The molecule has 0 aliphatic carbocycles. The Morgan fingerprint density at radius 3 is 2.79 bits per heavy atom. The Hall–Kier alpha value is -3.55. The summed E-state index contributed by atoms with van der Waals surface area (Å²) in [6.07, 6.45) is 3.51. The van der Waals surface area contributed by atoms with Crippen molar-refractivity contribution in [2.75, 3.05) is 16.8 Å². The second kappa shape index (κ2) is 7.83. The van der Waals surface area contributed by atoms with E-state index in [1.165, 1.54) is 11.0 Å². The zero-order chi connectivity index (χ0) is 20.4. The number of amides is 2. The number of aromatic nitrogens is 2. The van der Waals surface area contributed by atoms with E-state index < -0.39 is 17.6 Å². The number of hydrogen-bond donors (Lipinski definition) is 1. The molecule has 2 amide bonds. The lowest BCUT2D eigenvalue weighted by molar-refractivity contribution is -0.122. The minimum atomic E-state index is -0.828. The van der Waals surface area contributed by atoms with Gasteiger partial charge in [-0.1, -0.05) is 12.1 Å². The zero-order valence-electron chi connectivity index (χ0n) is 15.4. The van der Waals surface area contributed by atoms with Gasteiger partial charge in [0.1, 0.15) is 11.6 Å². The van der Waals surface area contributed by atoms with E-state index in [1.807, 2.05) is 30.5 Å². The monoisotopic (exact) mass is 396 g/mol. The molecule has 1 atom stereocenters. The lowest BCUT2D eigenvalue weighted by Gasteiger charge is -2.17. The van der Waals surface area contributed by atoms with Gasteiger partial charge in [-0.25, -0.2) is 8.78 Å². The van der Waals surface area contributed by atoms with Crippen molar-refractivity contribution in [3.63, 3.8) is 0 Å². The van der Waals surface area contributed by atoms with Gasteiger partial charge in [-0.15, -0.1) is 0 Å². The second-order valence-corrected chi connectivity index (χ2v) is 6.89. The van der Waals surface area contributed by atoms with Crippen molar-refractivity contribution in [1.29, 1.82) is 0 Å². The molecular formula is C21H18F2N4O2. The first-order chi connectivity index (χ1) is 14.0. The van der Waals surface area contributed by atoms with Crippen LogP contribution in [0.4, 0.5) is 20.2 Å². The third kappa shape index (κ3) is 4.16. The van der Waals surface area contributed by atoms with Gasteiger partial charge in [-0.3, -0.25) is 14.3 Å². The number of benzene rings is 2. The van der Waals surface area contributed by atoms with Crippen LogP contribution in [-0.4, -0.2) is 28.1 Å². The summed E-state index contributed by atoms with van der Waals surface area (Å²) < 4.78 is 28.9. The van der Waals surface area contributed by atoms with Crippen LogP contribution in [-0.2, 0) is 16.1 Å². The van der Waals surface area contributed by atoms with E-state index >= 15 is 0 Å². The predicted molar refractivity (Wildman–Crippen MR) is 103 cm³/mol. The molecule has 1 unspecified atom stereocenters. The van der Waals surface area contributed by atoms with Crippen LogP contribution in [0.5, 0.6) is 0 Å². The largest absolute Gasteiger partial charge is 0.326 e. The van der Waals surface area contributed by atoms with Gasteiger partial charge in [-0.05, 0) is 35.9 Å². The smallest absolute Gasteiger partial charge is 0.229 e. The predicted octanol–water partition coefficient (Wildman–Crippen LogP) is 3.20. The fourth-order valence-corrected chi connectivity index (χ4v) is 3.39. The van der Waals surface area contributed by atoms with Crippen molar-refractivity contribution in [2.24, 2.45) is 5.92 Å². The van der Waals surface area contributed by atoms with Gasteiger partial charge in [0.15, 0.2) is 0 Å². The summed E-state index contributed by atoms with van der Waals surface area (Å²) in [7, 11) is 0. The molecule has 0 saturated carbocycles. The summed E-state index contributed by atoms with van der Waals surface area (Å²) in [6, 6.07) is 12.2. The van der Waals surface area contributed by atoms with Gasteiger partial charge < -0.3 is 10.2 Å². The van der Waals surface area contributed by atoms with E-state index in [0.717, 1.165) is 17.7 Å². The summed E-state index contributed by atoms with van der Waals surface area (Å²) in [4.78, 5) is 26.1. The minimum absolute atomic E-state index is 0.0204. The van der Waals surface area contributed by atoms with Gasteiger partial charge in [-0.2, -0.15) is 5.10 Å². The van der Waals surface area contributed by atoms with Crippen LogP contribution in [0.3, 0.4) is 0 Å². The third-order valence-corrected chi connectivity index (χ3v) is 4.79. The van der Waals surface area contributed by atoms with E-state index in [1.54, 1.807) is 16.9 Å². The number of hydrogen-bond acceptors (Lipinski definition) is 3. The van der Waals surface area contributed by atoms with E-state index in [2.05, 4.69) is 10.4 Å². The van der Waals surface area contributed by atoms with Crippen LogP contribution in [0.25, 0.3) is 0 Å². The SMILES string of the molecule is O=C(Nc1cccc(Cn2cccn2)c1)C1CC(=O)N(c2ccc(F)cc2F)C1. The highest BCUT2D eigenvalue weighted by molar-refractivity contribution is 6.03. The lowest BCUT2D eigenvalue weighted by atomic mass is 10.1. The van der Waals surface area contributed by atoms with Crippen LogP contribution in [0, 0.1) is 17.6 Å². The zero-order valence-corrected chi connectivity index (χ0v) is 15.4. The number of anilines is 2. The first-order valence-electron chi connectivity index (χ1n) is 9.12. The van der Waals surface area contributed by atoms with Crippen LogP contribution in [0.2, 0.25) is 0 Å². The van der Waals surface area contributed by atoms with Crippen molar-refractivity contribution < 1.29 is 18.4 Å².